The summed E-state index contributed by atoms with van der Waals surface area (Å²) in [6, 6.07) is 14.7. The van der Waals surface area contributed by atoms with Crippen LogP contribution in [0.2, 0.25) is 0 Å². The minimum absolute atomic E-state index is 0.288. The van der Waals surface area contributed by atoms with Crippen molar-refractivity contribution in [1.29, 1.82) is 0 Å². The molecule has 23 heavy (non-hydrogen) atoms. The van der Waals surface area contributed by atoms with E-state index in [2.05, 4.69) is 36.6 Å². The van der Waals surface area contributed by atoms with Gasteiger partial charge in [-0.2, -0.15) is 0 Å². The maximum Gasteiger partial charge on any atom is 0.240 e. The molecule has 1 N–H and O–H groups in total. The summed E-state index contributed by atoms with van der Waals surface area (Å²) in [5.74, 6) is 0. The zero-order valence-electron chi connectivity index (χ0n) is 12.6. The van der Waals surface area contributed by atoms with Crippen molar-refractivity contribution in [3.63, 3.8) is 0 Å². The van der Waals surface area contributed by atoms with Gasteiger partial charge >= 0.3 is 0 Å². The minimum Gasteiger partial charge on any atom is -0.211 e. The first-order valence-electron chi connectivity index (χ1n) is 7.05. The third-order valence-corrected chi connectivity index (χ3v) is 5.81. The topological polar surface area (TPSA) is 46.2 Å². The zero-order chi connectivity index (χ0) is 16.9. The number of aryl methyl sites for hydroxylation is 1. The summed E-state index contributed by atoms with van der Waals surface area (Å²) in [5, 5.41) is 0. The molecule has 2 aromatic carbocycles. The predicted octanol–water partition coefficient (Wildman–Crippen LogP) is 4.86. The van der Waals surface area contributed by atoms with Crippen LogP contribution in [0.5, 0.6) is 0 Å². The fourth-order valence-electron chi connectivity index (χ4n) is 1.92. The second-order valence-electron chi connectivity index (χ2n) is 5.10. The smallest absolute Gasteiger partial charge is 0.211 e. The highest BCUT2D eigenvalue weighted by molar-refractivity contribution is 9.11. The second kappa shape index (κ2) is 8.24. The number of benzene rings is 2. The van der Waals surface area contributed by atoms with E-state index in [-0.39, 0.29) is 4.90 Å². The number of hydrogen-bond donors (Lipinski definition) is 1. The first-order valence-corrected chi connectivity index (χ1v) is 10.1. The minimum atomic E-state index is -3.46. The van der Waals surface area contributed by atoms with Crippen molar-refractivity contribution in [1.82, 2.24) is 4.72 Å². The van der Waals surface area contributed by atoms with Crippen molar-refractivity contribution in [2.45, 2.75) is 18.2 Å². The van der Waals surface area contributed by atoms with Crippen molar-refractivity contribution in [2.75, 3.05) is 6.54 Å². The van der Waals surface area contributed by atoms with Crippen LogP contribution >= 0.6 is 31.9 Å². The Hall–Kier alpha value is -0.950. The first-order chi connectivity index (χ1) is 10.9. The highest BCUT2D eigenvalue weighted by Gasteiger charge is 2.12. The summed E-state index contributed by atoms with van der Waals surface area (Å²) in [5.41, 5.74) is 2.09. The summed E-state index contributed by atoms with van der Waals surface area (Å²) in [6.45, 7) is 2.26. The van der Waals surface area contributed by atoms with Crippen LogP contribution in [0.1, 0.15) is 17.5 Å². The van der Waals surface area contributed by atoms with E-state index >= 15 is 0 Å². The van der Waals surface area contributed by atoms with Gasteiger partial charge in [0, 0.05) is 11.0 Å². The van der Waals surface area contributed by atoms with Gasteiger partial charge in [0.2, 0.25) is 10.0 Å². The van der Waals surface area contributed by atoms with Crippen LogP contribution in [-0.2, 0) is 10.0 Å². The normalized spacial score (nSPS) is 12.4. The van der Waals surface area contributed by atoms with Gasteiger partial charge in [-0.3, -0.25) is 0 Å². The molecule has 0 aromatic heterocycles. The van der Waals surface area contributed by atoms with Crippen LogP contribution in [0.3, 0.4) is 0 Å². The van der Waals surface area contributed by atoms with Crippen molar-refractivity contribution in [2.24, 2.45) is 0 Å². The molecule has 0 aliphatic heterocycles. The van der Waals surface area contributed by atoms with Crippen molar-refractivity contribution in [3.8, 4) is 0 Å². The SMILES string of the molecule is Cc1ccc(S(=O)(=O)NCC/C(Br)=C\c2ccc(Br)cc2)cc1. The molecule has 122 valence electrons. The molecule has 0 aliphatic rings. The molecule has 3 nitrogen and oxygen atoms in total. The molecule has 2 rings (SSSR count). The molecule has 0 aliphatic carbocycles. The van der Waals surface area contributed by atoms with Gasteiger partial charge in [0.15, 0.2) is 0 Å². The van der Waals surface area contributed by atoms with E-state index in [0.717, 1.165) is 20.1 Å². The van der Waals surface area contributed by atoms with Crippen LogP contribution in [0.15, 0.2) is 62.4 Å². The molecule has 0 radical (unpaired) electrons. The summed E-state index contributed by atoms with van der Waals surface area (Å²) < 4.78 is 28.9. The molecular weight excluding hydrogens is 442 g/mol. The lowest BCUT2D eigenvalue weighted by Crippen LogP contribution is -2.24. The molecule has 0 bridgehead atoms. The van der Waals surface area contributed by atoms with Crippen LogP contribution in [0.25, 0.3) is 6.08 Å². The van der Waals surface area contributed by atoms with Gasteiger partial charge in [-0.15, -0.1) is 0 Å². The van der Waals surface area contributed by atoms with Crippen LogP contribution in [-0.4, -0.2) is 15.0 Å². The third kappa shape index (κ3) is 5.88. The van der Waals surface area contributed by atoms with Gasteiger partial charge in [-0.25, -0.2) is 13.1 Å². The molecule has 0 unspecified atom stereocenters. The van der Waals surface area contributed by atoms with Crippen molar-refractivity contribution in [3.05, 3.63) is 68.6 Å². The maximum atomic E-state index is 12.2. The predicted molar refractivity (Wildman–Crippen MR) is 102 cm³/mol. The monoisotopic (exact) mass is 457 g/mol. The highest BCUT2D eigenvalue weighted by Crippen LogP contribution is 2.18. The maximum absolute atomic E-state index is 12.2. The molecule has 6 heteroatoms. The zero-order valence-corrected chi connectivity index (χ0v) is 16.6. The quantitative estimate of drug-likeness (QED) is 0.671. The number of rotatable bonds is 6. The van der Waals surface area contributed by atoms with Crippen LogP contribution < -0.4 is 4.72 Å². The molecular formula is C17H17Br2NO2S. The fourth-order valence-corrected chi connectivity index (χ4v) is 3.68. The van der Waals surface area contributed by atoms with E-state index in [1.165, 1.54) is 0 Å². The third-order valence-electron chi connectivity index (χ3n) is 3.18. The standard InChI is InChI=1S/C17H17Br2NO2S/c1-13-2-8-17(9-3-13)23(21,22)20-11-10-16(19)12-14-4-6-15(18)7-5-14/h2-9,12,20H,10-11H2,1H3/b16-12+. The Morgan fingerprint density at radius 2 is 1.70 bits per heavy atom. The van der Waals surface area contributed by atoms with E-state index in [9.17, 15) is 8.42 Å². The summed E-state index contributed by atoms with van der Waals surface area (Å²) >= 11 is 6.87. The molecule has 2 aromatic rings. The lowest BCUT2D eigenvalue weighted by Gasteiger charge is -2.07. The highest BCUT2D eigenvalue weighted by atomic mass is 79.9. The van der Waals surface area contributed by atoms with Gasteiger partial charge < -0.3 is 0 Å². The van der Waals surface area contributed by atoms with Gasteiger partial charge in [-0.1, -0.05) is 61.7 Å². The molecule has 0 amide bonds. The molecule has 0 atom stereocenters. The Bertz CT molecular complexity index is 782. The van der Waals surface area contributed by atoms with E-state index in [0.29, 0.717) is 13.0 Å². The number of sulfonamides is 1. The van der Waals surface area contributed by atoms with E-state index in [1.54, 1.807) is 24.3 Å². The Morgan fingerprint density at radius 3 is 2.30 bits per heavy atom. The molecule has 0 saturated heterocycles. The van der Waals surface area contributed by atoms with Crippen LogP contribution in [0, 0.1) is 6.92 Å². The largest absolute Gasteiger partial charge is 0.240 e. The van der Waals surface area contributed by atoms with E-state index in [1.807, 2.05) is 37.3 Å². The lowest BCUT2D eigenvalue weighted by molar-refractivity contribution is 0.582. The van der Waals surface area contributed by atoms with Crippen molar-refractivity contribution >= 4 is 48.0 Å². The Labute approximate surface area is 154 Å². The van der Waals surface area contributed by atoms with Crippen molar-refractivity contribution < 1.29 is 8.42 Å². The lowest BCUT2D eigenvalue weighted by atomic mass is 10.2. The molecule has 0 heterocycles. The molecule has 0 saturated carbocycles. The first kappa shape index (κ1) is 18.4. The summed E-state index contributed by atoms with van der Waals surface area (Å²) in [6.07, 6.45) is 2.56. The average Bonchev–Trinajstić information content (AvgIpc) is 2.50. The summed E-state index contributed by atoms with van der Waals surface area (Å²) in [4.78, 5) is 0.288. The number of hydrogen-bond acceptors (Lipinski definition) is 2. The average molecular weight is 459 g/mol. The van der Waals surface area contributed by atoms with E-state index in [4.69, 9.17) is 0 Å². The second-order valence-corrected chi connectivity index (χ2v) is 8.80. The van der Waals surface area contributed by atoms with Gasteiger partial charge in [0.1, 0.15) is 0 Å². The Morgan fingerprint density at radius 1 is 1.09 bits per heavy atom. The number of nitrogens with one attached hydrogen (secondary N) is 1. The summed E-state index contributed by atoms with van der Waals surface area (Å²) in [7, 11) is -3.46. The number of halogens is 2. The fraction of sp³-hybridized carbons (Fsp3) is 0.176. The van der Waals surface area contributed by atoms with E-state index < -0.39 is 10.0 Å². The Kier molecular flexibility index (Phi) is 6.59. The Balaban J connectivity index is 1.93. The van der Waals surface area contributed by atoms with Gasteiger partial charge in [0.05, 0.1) is 4.90 Å². The molecule has 0 spiro atoms. The van der Waals surface area contributed by atoms with Crippen LogP contribution in [0.4, 0.5) is 0 Å². The van der Waals surface area contributed by atoms with Gasteiger partial charge in [-0.05, 0) is 53.7 Å². The van der Waals surface area contributed by atoms with Gasteiger partial charge in [0.25, 0.3) is 0 Å². The molecule has 0 fully saturated rings.